The number of alkyl halides is 3. The monoisotopic (exact) mass is 273 g/mol. The summed E-state index contributed by atoms with van der Waals surface area (Å²) in [6, 6.07) is 0. The normalized spacial score (nSPS) is 11.4. The third kappa shape index (κ3) is 2.38. The van der Waals surface area contributed by atoms with E-state index >= 15 is 0 Å². The van der Waals surface area contributed by atoms with E-state index in [0.29, 0.717) is 6.20 Å². The fourth-order valence-corrected chi connectivity index (χ4v) is 1.35. The second-order valence-corrected chi connectivity index (χ2v) is 3.38. The number of carbonyl (C=O) groups is 1. The van der Waals surface area contributed by atoms with Crippen LogP contribution in [0.1, 0.15) is 15.9 Å². The zero-order valence-corrected chi connectivity index (χ0v) is 9.24. The van der Waals surface area contributed by atoms with Gasteiger partial charge in [-0.15, -0.1) is 0 Å². The Bertz CT molecular complexity index is 434. The molecule has 0 bridgehead atoms. The van der Waals surface area contributed by atoms with Gasteiger partial charge in [0.05, 0.1) is 23.3 Å². The van der Waals surface area contributed by atoms with Crippen molar-refractivity contribution in [3.05, 3.63) is 27.5 Å². The van der Waals surface area contributed by atoms with Crippen LogP contribution in [0.2, 0.25) is 10.2 Å². The van der Waals surface area contributed by atoms with Gasteiger partial charge in [0.2, 0.25) is 0 Å². The third-order valence-electron chi connectivity index (χ3n) is 1.67. The number of carbonyl (C=O) groups excluding carboxylic acids is 1. The van der Waals surface area contributed by atoms with Crippen LogP contribution in [0.4, 0.5) is 13.2 Å². The van der Waals surface area contributed by atoms with E-state index in [1.54, 1.807) is 0 Å². The first kappa shape index (κ1) is 13.1. The van der Waals surface area contributed by atoms with Gasteiger partial charge in [-0.3, -0.25) is 0 Å². The molecule has 0 aliphatic carbocycles. The SMILES string of the molecule is COC(=O)c1c(C(F)(F)F)cnc(Cl)c1Cl. The van der Waals surface area contributed by atoms with Crippen LogP contribution in [-0.4, -0.2) is 18.1 Å². The van der Waals surface area contributed by atoms with Crippen LogP contribution >= 0.6 is 23.2 Å². The van der Waals surface area contributed by atoms with Gasteiger partial charge in [0, 0.05) is 6.20 Å². The van der Waals surface area contributed by atoms with Crippen molar-refractivity contribution in [1.29, 1.82) is 0 Å². The first-order valence-corrected chi connectivity index (χ1v) is 4.54. The molecule has 0 fully saturated rings. The maximum atomic E-state index is 12.5. The Labute approximate surface area is 98.1 Å². The highest BCUT2D eigenvalue weighted by Crippen LogP contribution is 2.37. The standard InChI is InChI=1S/C8H4Cl2F3NO2/c1-16-7(15)4-3(8(11,12)13)2-14-6(10)5(4)9/h2H,1H3. The lowest BCUT2D eigenvalue weighted by Crippen LogP contribution is -2.15. The summed E-state index contributed by atoms with van der Waals surface area (Å²) in [7, 11) is 0.938. The summed E-state index contributed by atoms with van der Waals surface area (Å²) >= 11 is 10.9. The number of nitrogens with zero attached hydrogens (tertiary/aromatic N) is 1. The lowest BCUT2D eigenvalue weighted by molar-refractivity contribution is -0.138. The molecule has 8 heteroatoms. The van der Waals surface area contributed by atoms with E-state index in [1.165, 1.54) is 0 Å². The summed E-state index contributed by atoms with van der Waals surface area (Å²) in [5.74, 6) is -1.22. The summed E-state index contributed by atoms with van der Waals surface area (Å²) in [6.07, 6.45) is -4.33. The summed E-state index contributed by atoms with van der Waals surface area (Å²) < 4.78 is 41.7. The fraction of sp³-hybridized carbons (Fsp3) is 0.250. The van der Waals surface area contributed by atoms with Crippen LogP contribution in [0.25, 0.3) is 0 Å². The molecule has 1 aromatic rings. The van der Waals surface area contributed by atoms with E-state index in [2.05, 4.69) is 9.72 Å². The van der Waals surface area contributed by atoms with E-state index in [9.17, 15) is 18.0 Å². The molecule has 0 aliphatic heterocycles. The highest BCUT2D eigenvalue weighted by atomic mass is 35.5. The van der Waals surface area contributed by atoms with Crippen molar-refractivity contribution in [2.24, 2.45) is 0 Å². The molecule has 88 valence electrons. The van der Waals surface area contributed by atoms with Gasteiger partial charge in [-0.05, 0) is 0 Å². The largest absolute Gasteiger partial charge is 0.465 e. The van der Waals surface area contributed by atoms with Gasteiger partial charge in [0.25, 0.3) is 0 Å². The Hall–Kier alpha value is -1.01. The van der Waals surface area contributed by atoms with Gasteiger partial charge in [0.1, 0.15) is 5.15 Å². The van der Waals surface area contributed by atoms with Crippen molar-refractivity contribution in [3.8, 4) is 0 Å². The highest BCUT2D eigenvalue weighted by molar-refractivity contribution is 6.43. The molecule has 0 aliphatic rings. The molecule has 0 unspecified atom stereocenters. The lowest BCUT2D eigenvalue weighted by atomic mass is 10.1. The van der Waals surface area contributed by atoms with Gasteiger partial charge in [-0.25, -0.2) is 9.78 Å². The summed E-state index contributed by atoms with van der Waals surface area (Å²) in [5.41, 5.74) is -2.12. The van der Waals surface area contributed by atoms with Crippen LogP contribution in [0.15, 0.2) is 6.20 Å². The maximum absolute atomic E-state index is 12.5. The average molecular weight is 274 g/mol. The molecule has 0 aromatic carbocycles. The quantitative estimate of drug-likeness (QED) is 0.583. The smallest absolute Gasteiger partial charge is 0.418 e. The second kappa shape index (κ2) is 4.47. The van der Waals surface area contributed by atoms with Crippen LogP contribution in [0.5, 0.6) is 0 Å². The van der Waals surface area contributed by atoms with E-state index < -0.39 is 33.4 Å². The third-order valence-corrected chi connectivity index (χ3v) is 2.42. The summed E-state index contributed by atoms with van der Waals surface area (Å²) in [4.78, 5) is 14.4. The minimum Gasteiger partial charge on any atom is -0.465 e. The molecule has 0 N–H and O–H groups in total. The zero-order chi connectivity index (χ0) is 12.5. The number of hydrogen-bond acceptors (Lipinski definition) is 3. The molecule has 16 heavy (non-hydrogen) atoms. The molecule has 0 radical (unpaired) electrons. The minimum absolute atomic E-state index is 0.393. The van der Waals surface area contributed by atoms with Crippen molar-refractivity contribution >= 4 is 29.2 Å². The average Bonchev–Trinajstić information content (AvgIpc) is 2.19. The lowest BCUT2D eigenvalue weighted by Gasteiger charge is -2.12. The molecule has 0 spiro atoms. The second-order valence-electron chi connectivity index (χ2n) is 2.64. The molecule has 0 amide bonds. The van der Waals surface area contributed by atoms with Crippen LogP contribution in [0.3, 0.4) is 0 Å². The Morgan fingerprint density at radius 3 is 2.44 bits per heavy atom. The number of ether oxygens (including phenoxy) is 1. The minimum atomic E-state index is -4.76. The molecule has 1 rings (SSSR count). The summed E-state index contributed by atoms with van der Waals surface area (Å²) in [6.45, 7) is 0. The molecule has 3 nitrogen and oxygen atoms in total. The number of aromatic nitrogens is 1. The van der Waals surface area contributed by atoms with Crippen LogP contribution < -0.4 is 0 Å². The Balaban J connectivity index is 3.51. The highest BCUT2D eigenvalue weighted by Gasteiger charge is 2.38. The van der Waals surface area contributed by atoms with E-state index in [1.807, 2.05) is 0 Å². The van der Waals surface area contributed by atoms with E-state index in [4.69, 9.17) is 23.2 Å². The molecule has 0 saturated carbocycles. The van der Waals surface area contributed by atoms with Crippen molar-refractivity contribution in [1.82, 2.24) is 4.98 Å². The van der Waals surface area contributed by atoms with Gasteiger partial charge in [-0.1, -0.05) is 23.2 Å². The number of esters is 1. The van der Waals surface area contributed by atoms with Gasteiger partial charge < -0.3 is 4.74 Å². The topological polar surface area (TPSA) is 39.2 Å². The van der Waals surface area contributed by atoms with Gasteiger partial charge in [0.15, 0.2) is 0 Å². The number of pyridine rings is 1. The number of methoxy groups -OCH3 is 1. The van der Waals surface area contributed by atoms with Gasteiger partial charge >= 0.3 is 12.1 Å². The predicted molar refractivity (Wildman–Crippen MR) is 50.6 cm³/mol. The first-order chi connectivity index (χ1) is 7.29. The Morgan fingerprint density at radius 1 is 1.44 bits per heavy atom. The Kier molecular flexibility index (Phi) is 3.64. The van der Waals surface area contributed by atoms with Crippen molar-refractivity contribution in [3.63, 3.8) is 0 Å². The maximum Gasteiger partial charge on any atom is 0.418 e. The number of rotatable bonds is 1. The zero-order valence-electron chi connectivity index (χ0n) is 7.73. The predicted octanol–water partition coefficient (Wildman–Crippen LogP) is 3.19. The fourth-order valence-electron chi connectivity index (χ4n) is 0.980. The first-order valence-electron chi connectivity index (χ1n) is 3.78. The molecule has 0 atom stereocenters. The van der Waals surface area contributed by atoms with Crippen molar-refractivity contribution in [2.75, 3.05) is 7.11 Å². The number of halogens is 5. The molecular weight excluding hydrogens is 270 g/mol. The Morgan fingerprint density at radius 2 is 2.00 bits per heavy atom. The van der Waals surface area contributed by atoms with Crippen LogP contribution in [0, 0.1) is 0 Å². The van der Waals surface area contributed by atoms with Crippen molar-refractivity contribution in [2.45, 2.75) is 6.18 Å². The van der Waals surface area contributed by atoms with Crippen molar-refractivity contribution < 1.29 is 22.7 Å². The number of hydrogen-bond donors (Lipinski definition) is 0. The molecular formula is C8H4Cl2F3NO2. The van der Waals surface area contributed by atoms with Gasteiger partial charge in [-0.2, -0.15) is 13.2 Å². The summed E-state index contributed by atoms with van der Waals surface area (Å²) in [5, 5.41) is -0.974. The molecule has 1 heterocycles. The molecule has 1 aromatic heterocycles. The molecule has 0 saturated heterocycles. The van der Waals surface area contributed by atoms with E-state index in [-0.39, 0.29) is 0 Å². The van der Waals surface area contributed by atoms with Crippen LogP contribution in [-0.2, 0) is 10.9 Å². The van der Waals surface area contributed by atoms with E-state index in [0.717, 1.165) is 7.11 Å².